The van der Waals surface area contributed by atoms with Crippen LogP contribution >= 0.6 is 0 Å². The van der Waals surface area contributed by atoms with Crippen LogP contribution in [-0.4, -0.2) is 57.6 Å². The maximum Gasteiger partial charge on any atom is 0.241 e. The zero-order chi connectivity index (χ0) is 16.3. The lowest BCUT2D eigenvalue weighted by Gasteiger charge is -2.39. The van der Waals surface area contributed by atoms with E-state index < -0.39 is 10.0 Å². The van der Waals surface area contributed by atoms with Crippen LogP contribution in [0.25, 0.3) is 0 Å². The highest BCUT2D eigenvalue weighted by Gasteiger charge is 2.24. The Labute approximate surface area is 133 Å². The quantitative estimate of drug-likeness (QED) is 0.883. The fourth-order valence-electron chi connectivity index (χ4n) is 2.83. The normalized spacial score (nSPS) is 17.9. The molecule has 22 heavy (non-hydrogen) atoms. The first-order valence-electron chi connectivity index (χ1n) is 7.71. The van der Waals surface area contributed by atoms with Crippen LogP contribution in [0.5, 0.6) is 0 Å². The van der Waals surface area contributed by atoms with E-state index in [9.17, 15) is 8.42 Å². The Morgan fingerprint density at radius 1 is 1.32 bits per heavy atom. The molecule has 124 valence electrons. The molecule has 1 aliphatic heterocycles. The number of nitrogens with one attached hydrogen (secondary N) is 1. The lowest BCUT2D eigenvalue weighted by Crippen LogP contribution is -2.45. The van der Waals surface area contributed by atoms with Crippen LogP contribution in [0.1, 0.15) is 26.7 Å². The molecule has 1 fully saturated rings. The van der Waals surface area contributed by atoms with Gasteiger partial charge in [-0.1, -0.05) is 0 Å². The summed E-state index contributed by atoms with van der Waals surface area (Å²) in [6, 6.07) is 4.43. The lowest BCUT2D eigenvalue weighted by atomic mass is 10.0. The molecule has 0 unspecified atom stereocenters. The van der Waals surface area contributed by atoms with Crippen molar-refractivity contribution >= 4 is 15.8 Å². The minimum absolute atomic E-state index is 0.196. The van der Waals surface area contributed by atoms with Gasteiger partial charge in [-0.05, 0) is 45.9 Å². The van der Waals surface area contributed by atoms with Crippen LogP contribution in [0.4, 0.5) is 5.82 Å². The van der Waals surface area contributed by atoms with Gasteiger partial charge in [-0.15, -0.1) is 0 Å². The number of rotatable bonds is 5. The van der Waals surface area contributed by atoms with Crippen molar-refractivity contribution < 1.29 is 8.42 Å². The predicted octanol–water partition coefficient (Wildman–Crippen LogP) is 1.30. The Kier molecular flexibility index (Phi) is 5.41. The van der Waals surface area contributed by atoms with Gasteiger partial charge in [0.1, 0.15) is 10.7 Å². The van der Waals surface area contributed by atoms with E-state index in [2.05, 4.69) is 33.4 Å². The molecule has 0 atom stereocenters. The summed E-state index contributed by atoms with van der Waals surface area (Å²) in [5.74, 6) is 0.818. The van der Waals surface area contributed by atoms with Crippen LogP contribution in [0.2, 0.25) is 0 Å². The van der Waals surface area contributed by atoms with E-state index in [1.54, 1.807) is 12.1 Å². The van der Waals surface area contributed by atoms with Gasteiger partial charge in [-0.3, -0.25) is 0 Å². The van der Waals surface area contributed by atoms with E-state index >= 15 is 0 Å². The van der Waals surface area contributed by atoms with Crippen LogP contribution in [0, 0.1) is 0 Å². The minimum Gasteiger partial charge on any atom is -0.357 e. The number of anilines is 1. The average Bonchev–Trinajstić information content (AvgIpc) is 2.54. The van der Waals surface area contributed by atoms with Gasteiger partial charge in [0, 0.05) is 38.4 Å². The summed E-state index contributed by atoms with van der Waals surface area (Å²) in [5, 5.41) is 0. The van der Waals surface area contributed by atoms with Crippen LogP contribution < -0.4 is 9.62 Å². The molecule has 0 saturated carbocycles. The lowest BCUT2D eigenvalue weighted by molar-refractivity contribution is 0.171. The maximum absolute atomic E-state index is 11.7. The third-order valence-corrected chi connectivity index (χ3v) is 5.84. The summed E-state index contributed by atoms with van der Waals surface area (Å²) in [6.45, 7) is 6.65. The van der Waals surface area contributed by atoms with Gasteiger partial charge in [0.2, 0.25) is 10.0 Å². The van der Waals surface area contributed by atoms with E-state index in [-0.39, 0.29) is 4.90 Å². The molecule has 7 heteroatoms. The van der Waals surface area contributed by atoms with E-state index in [1.165, 1.54) is 13.2 Å². The van der Waals surface area contributed by atoms with Gasteiger partial charge in [-0.25, -0.2) is 18.1 Å². The molecular weight excluding hydrogens is 300 g/mol. The van der Waals surface area contributed by atoms with Crippen molar-refractivity contribution in [1.29, 1.82) is 0 Å². The van der Waals surface area contributed by atoms with Crippen LogP contribution in [0.15, 0.2) is 23.2 Å². The van der Waals surface area contributed by atoms with E-state index in [4.69, 9.17) is 0 Å². The van der Waals surface area contributed by atoms with Gasteiger partial charge in [0.25, 0.3) is 0 Å². The fraction of sp³-hybridized carbons (Fsp3) is 0.667. The molecule has 1 saturated heterocycles. The Balaban J connectivity index is 2.03. The number of sulfonamides is 1. The molecule has 2 heterocycles. The van der Waals surface area contributed by atoms with E-state index in [0.717, 1.165) is 31.7 Å². The van der Waals surface area contributed by atoms with Crippen molar-refractivity contribution in [3.8, 4) is 0 Å². The SMILES string of the molecule is CNS(=O)(=O)c1ccc(N(C)C2CCN(C(C)C)CC2)nc1. The van der Waals surface area contributed by atoms with Crippen LogP contribution in [0.3, 0.4) is 0 Å². The number of aromatic nitrogens is 1. The van der Waals surface area contributed by atoms with Crippen molar-refractivity contribution in [2.75, 3.05) is 32.1 Å². The molecule has 2 rings (SSSR count). The zero-order valence-corrected chi connectivity index (χ0v) is 14.6. The Morgan fingerprint density at radius 2 is 1.95 bits per heavy atom. The Bertz CT molecular complexity index is 578. The number of nitrogens with zero attached hydrogens (tertiary/aromatic N) is 3. The zero-order valence-electron chi connectivity index (χ0n) is 13.8. The molecule has 6 nitrogen and oxygen atoms in total. The Morgan fingerprint density at radius 3 is 2.41 bits per heavy atom. The first-order valence-corrected chi connectivity index (χ1v) is 9.20. The smallest absolute Gasteiger partial charge is 0.241 e. The Hall–Kier alpha value is -1.18. The number of piperidine rings is 1. The highest BCUT2D eigenvalue weighted by molar-refractivity contribution is 7.89. The molecule has 0 spiro atoms. The third-order valence-electron chi connectivity index (χ3n) is 4.44. The minimum atomic E-state index is -3.42. The molecule has 1 N–H and O–H groups in total. The van der Waals surface area contributed by atoms with Gasteiger partial charge in [-0.2, -0.15) is 0 Å². The molecule has 1 aliphatic rings. The monoisotopic (exact) mass is 326 g/mol. The van der Waals surface area contributed by atoms with Crippen molar-refractivity contribution in [2.45, 2.75) is 43.7 Å². The molecular formula is C15H26N4O2S. The maximum atomic E-state index is 11.7. The molecule has 0 aliphatic carbocycles. The molecule has 1 aromatic rings. The first-order chi connectivity index (χ1) is 10.3. The standard InChI is InChI=1S/C15H26N4O2S/c1-12(2)19-9-7-13(8-10-19)18(4)15-6-5-14(11-17-15)22(20,21)16-3/h5-6,11-13,16H,7-10H2,1-4H3. The van der Waals surface area contributed by atoms with Crippen molar-refractivity contribution in [2.24, 2.45) is 0 Å². The topological polar surface area (TPSA) is 65.5 Å². The van der Waals surface area contributed by atoms with Crippen molar-refractivity contribution in [3.05, 3.63) is 18.3 Å². The summed E-state index contributed by atoms with van der Waals surface area (Å²) in [5.41, 5.74) is 0. The second kappa shape index (κ2) is 6.93. The number of likely N-dealkylation sites (tertiary alicyclic amines) is 1. The largest absolute Gasteiger partial charge is 0.357 e. The highest BCUT2D eigenvalue weighted by atomic mass is 32.2. The van der Waals surface area contributed by atoms with Crippen LogP contribution in [-0.2, 0) is 10.0 Å². The average molecular weight is 326 g/mol. The van der Waals surface area contributed by atoms with Gasteiger partial charge in [0.05, 0.1) is 0 Å². The summed E-state index contributed by atoms with van der Waals surface area (Å²) in [4.78, 5) is 9.16. The molecule has 0 radical (unpaired) electrons. The first kappa shape index (κ1) is 17.2. The fourth-order valence-corrected chi connectivity index (χ4v) is 3.51. The number of hydrogen-bond acceptors (Lipinski definition) is 5. The van der Waals surface area contributed by atoms with E-state index in [1.807, 2.05) is 7.05 Å². The van der Waals surface area contributed by atoms with Crippen molar-refractivity contribution in [1.82, 2.24) is 14.6 Å². The summed E-state index contributed by atoms with van der Waals surface area (Å²) >= 11 is 0. The van der Waals surface area contributed by atoms with E-state index in [0.29, 0.717) is 12.1 Å². The summed E-state index contributed by atoms with van der Waals surface area (Å²) in [7, 11) is 0.0127. The molecule has 0 bridgehead atoms. The third kappa shape index (κ3) is 3.77. The predicted molar refractivity (Wildman–Crippen MR) is 88.6 cm³/mol. The van der Waals surface area contributed by atoms with Gasteiger partial charge in [0.15, 0.2) is 0 Å². The second-order valence-corrected chi connectivity index (χ2v) is 7.92. The van der Waals surface area contributed by atoms with Crippen molar-refractivity contribution in [3.63, 3.8) is 0 Å². The number of pyridine rings is 1. The highest BCUT2D eigenvalue weighted by Crippen LogP contribution is 2.22. The molecule has 1 aromatic heterocycles. The van der Waals surface area contributed by atoms with Gasteiger partial charge < -0.3 is 9.80 Å². The van der Waals surface area contributed by atoms with Gasteiger partial charge >= 0.3 is 0 Å². The summed E-state index contributed by atoms with van der Waals surface area (Å²) in [6.07, 6.45) is 3.63. The molecule has 0 amide bonds. The number of hydrogen-bond donors (Lipinski definition) is 1. The molecule has 0 aromatic carbocycles. The second-order valence-electron chi connectivity index (χ2n) is 6.03. The summed E-state index contributed by atoms with van der Waals surface area (Å²) < 4.78 is 25.7.